The van der Waals surface area contributed by atoms with Crippen molar-refractivity contribution in [2.75, 3.05) is 0 Å². The predicted molar refractivity (Wildman–Crippen MR) is 112 cm³/mol. The number of azo groups is 1. The molecule has 0 saturated heterocycles. The van der Waals surface area contributed by atoms with Crippen LogP contribution in [0.25, 0.3) is 0 Å². The van der Waals surface area contributed by atoms with Crippen molar-refractivity contribution in [3.05, 3.63) is 79.1 Å². The van der Waals surface area contributed by atoms with Crippen molar-refractivity contribution < 1.29 is 14.8 Å². The number of hydrogen-bond acceptors (Lipinski definition) is 8. The molecule has 0 bridgehead atoms. The van der Waals surface area contributed by atoms with Crippen LogP contribution in [0.3, 0.4) is 0 Å². The minimum Gasteiger partial charge on any atom is -0.493 e. The average Bonchev–Trinajstić information content (AvgIpc) is 2.75. The second-order valence-corrected chi connectivity index (χ2v) is 6.75. The summed E-state index contributed by atoms with van der Waals surface area (Å²) in [6.45, 7) is 1.42. The minimum atomic E-state index is -0.705. The smallest absolute Gasteiger partial charge is 0.300 e. The molecule has 1 heterocycles. The van der Waals surface area contributed by atoms with E-state index in [4.69, 9.17) is 16.3 Å². The maximum atomic E-state index is 12.4. The van der Waals surface area contributed by atoms with E-state index in [-0.39, 0.29) is 28.3 Å². The van der Waals surface area contributed by atoms with Crippen LogP contribution in [0.15, 0.2) is 57.5 Å². The van der Waals surface area contributed by atoms with Crippen molar-refractivity contribution in [1.29, 1.82) is 5.26 Å². The zero-order valence-electron chi connectivity index (χ0n) is 16.2. The van der Waals surface area contributed by atoms with Crippen LogP contribution in [0, 0.1) is 28.4 Å². The molecule has 11 heteroatoms. The normalized spacial score (nSPS) is 10.8. The van der Waals surface area contributed by atoms with E-state index in [1.165, 1.54) is 32.2 Å². The van der Waals surface area contributed by atoms with Crippen LogP contribution in [0.4, 0.5) is 17.1 Å². The van der Waals surface area contributed by atoms with E-state index in [0.717, 1.165) is 4.57 Å². The highest BCUT2D eigenvalue weighted by atomic mass is 35.5. The second-order valence-electron chi connectivity index (χ2n) is 6.31. The first kappa shape index (κ1) is 21.5. The first-order valence-corrected chi connectivity index (χ1v) is 9.07. The van der Waals surface area contributed by atoms with E-state index in [1.807, 2.05) is 0 Å². The van der Waals surface area contributed by atoms with Crippen molar-refractivity contribution in [1.82, 2.24) is 4.57 Å². The van der Waals surface area contributed by atoms with Crippen molar-refractivity contribution in [2.45, 2.75) is 6.92 Å². The minimum absolute atomic E-state index is 0.109. The molecule has 3 rings (SSSR count). The molecule has 3 aromatic rings. The molecule has 0 aliphatic heterocycles. The van der Waals surface area contributed by atoms with Crippen molar-refractivity contribution in [3.63, 3.8) is 0 Å². The molecule has 0 aliphatic carbocycles. The third-order valence-electron chi connectivity index (χ3n) is 4.34. The quantitative estimate of drug-likeness (QED) is 0.335. The summed E-state index contributed by atoms with van der Waals surface area (Å²) in [5.41, 5.74) is -1.48. The van der Waals surface area contributed by atoms with Crippen LogP contribution >= 0.6 is 11.6 Å². The van der Waals surface area contributed by atoms with Gasteiger partial charge in [0.25, 0.3) is 11.2 Å². The largest absolute Gasteiger partial charge is 0.493 e. The summed E-state index contributed by atoms with van der Waals surface area (Å²) in [7, 11) is 1.27. The average molecular weight is 440 g/mol. The van der Waals surface area contributed by atoms with Crippen LogP contribution in [0.1, 0.15) is 11.1 Å². The van der Waals surface area contributed by atoms with Gasteiger partial charge in [-0.2, -0.15) is 5.26 Å². The second kappa shape index (κ2) is 8.64. The van der Waals surface area contributed by atoms with Gasteiger partial charge in [-0.15, -0.1) is 10.2 Å². The number of nitro groups is 1. The van der Waals surface area contributed by atoms with Gasteiger partial charge in [-0.3, -0.25) is 19.5 Å². The summed E-state index contributed by atoms with van der Waals surface area (Å²) < 4.78 is 6.43. The SMILES string of the molecule is Cc1c(C#N)c(O)n(C)c(=O)c1N=Nc1ccc(Oc2ccc(Cl)cc2)cc1[N+](=O)[O-]. The number of aromatic nitrogens is 1. The fourth-order valence-electron chi connectivity index (χ4n) is 2.66. The lowest BCUT2D eigenvalue weighted by Crippen LogP contribution is -2.18. The fraction of sp³-hybridized carbons (Fsp3) is 0.100. The maximum absolute atomic E-state index is 12.4. The Kier molecular flexibility index (Phi) is 5.99. The number of hydrogen-bond donors (Lipinski definition) is 1. The van der Waals surface area contributed by atoms with E-state index in [9.17, 15) is 25.3 Å². The van der Waals surface area contributed by atoms with Crippen LogP contribution < -0.4 is 10.3 Å². The Hall–Kier alpha value is -4.23. The van der Waals surface area contributed by atoms with Gasteiger partial charge in [0.2, 0.25) is 5.88 Å². The standard InChI is InChI=1S/C20H14ClN5O5/c1-11-15(10-22)19(27)25(2)20(28)18(11)24-23-16-8-7-14(9-17(16)26(29)30)31-13-5-3-12(21)4-6-13/h3-9,27H,1-2H3. The first-order valence-electron chi connectivity index (χ1n) is 8.69. The van der Waals surface area contributed by atoms with E-state index < -0.39 is 22.0 Å². The molecule has 0 amide bonds. The zero-order valence-corrected chi connectivity index (χ0v) is 17.0. The lowest BCUT2D eigenvalue weighted by atomic mass is 10.1. The van der Waals surface area contributed by atoms with Crippen LogP contribution in [0.2, 0.25) is 5.02 Å². The highest BCUT2D eigenvalue weighted by molar-refractivity contribution is 6.30. The van der Waals surface area contributed by atoms with Crippen molar-refractivity contribution >= 4 is 28.7 Å². The summed E-state index contributed by atoms with van der Waals surface area (Å²) >= 11 is 5.82. The van der Waals surface area contributed by atoms with Gasteiger partial charge in [0.1, 0.15) is 23.1 Å². The zero-order chi connectivity index (χ0) is 22.7. The molecule has 10 nitrogen and oxygen atoms in total. The number of nitriles is 1. The summed E-state index contributed by atoms with van der Waals surface area (Å²) in [5, 5.41) is 38.8. The highest BCUT2D eigenvalue weighted by Crippen LogP contribution is 2.35. The molecule has 156 valence electrons. The molecule has 1 aromatic heterocycles. The van der Waals surface area contributed by atoms with E-state index in [2.05, 4.69) is 10.2 Å². The van der Waals surface area contributed by atoms with Crippen molar-refractivity contribution in [2.24, 2.45) is 17.3 Å². The molecule has 31 heavy (non-hydrogen) atoms. The van der Waals surface area contributed by atoms with Gasteiger partial charge in [0.15, 0.2) is 11.4 Å². The molecule has 0 radical (unpaired) electrons. The number of rotatable bonds is 5. The Morgan fingerprint density at radius 1 is 1.19 bits per heavy atom. The van der Waals surface area contributed by atoms with Gasteiger partial charge in [0.05, 0.1) is 11.0 Å². The van der Waals surface area contributed by atoms with Crippen LogP contribution in [-0.2, 0) is 7.05 Å². The van der Waals surface area contributed by atoms with Crippen molar-refractivity contribution in [3.8, 4) is 23.4 Å². The molecule has 0 unspecified atom stereocenters. The number of nitrogens with zero attached hydrogens (tertiary/aromatic N) is 5. The van der Waals surface area contributed by atoms with Gasteiger partial charge in [-0.25, -0.2) is 0 Å². The fourth-order valence-corrected chi connectivity index (χ4v) is 2.79. The maximum Gasteiger partial charge on any atom is 0.300 e. The van der Waals surface area contributed by atoms with Gasteiger partial charge in [0, 0.05) is 17.6 Å². The first-order chi connectivity index (χ1) is 14.7. The number of aromatic hydroxyl groups is 1. The highest BCUT2D eigenvalue weighted by Gasteiger charge is 2.19. The number of ether oxygens (including phenoxy) is 1. The van der Waals surface area contributed by atoms with Gasteiger partial charge >= 0.3 is 0 Å². The number of pyridine rings is 1. The lowest BCUT2D eigenvalue weighted by Gasteiger charge is -2.08. The molecule has 1 N–H and O–H groups in total. The van der Waals surface area contributed by atoms with Crippen LogP contribution in [-0.4, -0.2) is 14.6 Å². The lowest BCUT2D eigenvalue weighted by molar-refractivity contribution is -0.384. The van der Waals surface area contributed by atoms with Gasteiger partial charge < -0.3 is 9.84 Å². The molecule has 0 aliphatic rings. The molecule has 0 fully saturated rings. The van der Waals surface area contributed by atoms with Gasteiger partial charge in [-0.1, -0.05) is 11.6 Å². The van der Waals surface area contributed by atoms with E-state index >= 15 is 0 Å². The van der Waals surface area contributed by atoms with Gasteiger partial charge in [-0.05, 0) is 43.3 Å². The Morgan fingerprint density at radius 2 is 1.84 bits per heavy atom. The number of halogens is 1. The van der Waals surface area contributed by atoms with Crippen LogP contribution in [0.5, 0.6) is 17.4 Å². The van der Waals surface area contributed by atoms with E-state index in [1.54, 1.807) is 30.3 Å². The number of nitro benzene ring substituents is 1. The molecule has 0 saturated carbocycles. The topological polar surface area (TPSA) is 143 Å². The Bertz CT molecular complexity index is 1310. The monoisotopic (exact) mass is 439 g/mol. The summed E-state index contributed by atoms with van der Waals surface area (Å²) in [6.07, 6.45) is 0. The predicted octanol–water partition coefficient (Wildman–Crippen LogP) is 5.04. The Balaban J connectivity index is 2.01. The molecular formula is C20H14ClN5O5. The summed E-state index contributed by atoms with van der Waals surface area (Å²) in [5.74, 6) is 0.121. The molecule has 0 spiro atoms. The summed E-state index contributed by atoms with van der Waals surface area (Å²) in [4.78, 5) is 23.2. The third-order valence-corrected chi connectivity index (χ3v) is 4.59. The molecule has 0 atom stereocenters. The Labute approximate surface area is 180 Å². The molecular weight excluding hydrogens is 426 g/mol. The molecule has 2 aromatic carbocycles. The van der Waals surface area contributed by atoms with E-state index in [0.29, 0.717) is 10.8 Å². The number of benzene rings is 2. The summed E-state index contributed by atoms with van der Waals surface area (Å²) in [6, 6.07) is 12.2. The Morgan fingerprint density at radius 3 is 2.45 bits per heavy atom. The third kappa shape index (κ3) is 4.36.